The van der Waals surface area contributed by atoms with Gasteiger partial charge in [0, 0.05) is 33.5 Å². The summed E-state index contributed by atoms with van der Waals surface area (Å²) in [5.41, 5.74) is 2.11. The first-order chi connectivity index (χ1) is 29.7. The second-order valence-electron chi connectivity index (χ2n) is 18.2. The first-order valence-electron chi connectivity index (χ1n) is 22.5. The average molecular weight is 877 g/mol. The van der Waals surface area contributed by atoms with Gasteiger partial charge in [-0.1, -0.05) is 97.4 Å². The zero-order valence-corrected chi connectivity index (χ0v) is 40.3. The van der Waals surface area contributed by atoms with E-state index in [9.17, 15) is 24.0 Å². The van der Waals surface area contributed by atoms with Gasteiger partial charge < -0.3 is 40.1 Å². The first-order valence-corrected chi connectivity index (χ1v) is 22.5. The van der Waals surface area contributed by atoms with Crippen LogP contribution < -0.4 is 10.6 Å². The molecule has 0 aromatic heterocycles. The van der Waals surface area contributed by atoms with Gasteiger partial charge in [-0.05, 0) is 81.8 Å². The lowest BCUT2D eigenvalue weighted by Gasteiger charge is -2.41. The highest BCUT2D eigenvalue weighted by molar-refractivity contribution is 5.97. The van der Waals surface area contributed by atoms with Crippen LogP contribution in [-0.4, -0.2) is 134 Å². The number of nitrogens with one attached hydrogen (secondary N) is 3. The molecular weight excluding hydrogens is 801 g/mol. The van der Waals surface area contributed by atoms with Crippen LogP contribution in [0.1, 0.15) is 116 Å². The summed E-state index contributed by atoms with van der Waals surface area (Å²) in [6, 6.07) is 13.2. The number of likely N-dealkylation sites (tertiary alicyclic amines) is 1. The second kappa shape index (κ2) is 24.4. The molecule has 1 aliphatic heterocycles. The van der Waals surface area contributed by atoms with Gasteiger partial charge in [-0.3, -0.25) is 24.1 Å². The topological polar surface area (TPSA) is 171 Å². The van der Waals surface area contributed by atoms with Gasteiger partial charge in [0.05, 0.1) is 54.3 Å². The highest BCUT2D eigenvalue weighted by atomic mass is 16.5. The van der Waals surface area contributed by atoms with Crippen LogP contribution in [0.15, 0.2) is 54.6 Å². The molecule has 2 aromatic carbocycles. The number of ether oxygens (including phenoxy) is 3. The molecule has 3 rings (SSSR count). The van der Waals surface area contributed by atoms with Crippen LogP contribution in [0.4, 0.5) is 0 Å². The fourth-order valence-corrected chi connectivity index (χ4v) is 8.98. The smallest absolute Gasteiger partial charge is 0.338 e. The summed E-state index contributed by atoms with van der Waals surface area (Å²) in [6.07, 6.45) is -0.0651. The molecule has 2 aromatic rings. The van der Waals surface area contributed by atoms with Crippen molar-refractivity contribution in [2.75, 3.05) is 41.9 Å². The van der Waals surface area contributed by atoms with E-state index in [1.54, 1.807) is 76.1 Å². The number of hydrogen-bond donors (Lipinski definition) is 3. The first kappa shape index (κ1) is 52.7. The van der Waals surface area contributed by atoms with Crippen molar-refractivity contribution >= 4 is 35.3 Å². The van der Waals surface area contributed by atoms with Gasteiger partial charge in [0.2, 0.25) is 23.6 Å². The van der Waals surface area contributed by atoms with E-state index in [2.05, 4.69) is 10.6 Å². The zero-order valence-electron chi connectivity index (χ0n) is 40.3. The van der Waals surface area contributed by atoms with Gasteiger partial charge in [0.25, 0.3) is 0 Å². The van der Waals surface area contributed by atoms with E-state index >= 15 is 0 Å². The maximum absolute atomic E-state index is 14.4. The molecule has 0 radical (unpaired) electrons. The molecule has 4 amide bonds. The van der Waals surface area contributed by atoms with Gasteiger partial charge in [-0.15, -0.1) is 0 Å². The minimum atomic E-state index is -0.818. The number of hydrogen-bond acceptors (Lipinski definition) is 10. The van der Waals surface area contributed by atoms with Crippen LogP contribution in [-0.2, 0) is 33.4 Å². The molecule has 1 fully saturated rings. The summed E-state index contributed by atoms with van der Waals surface area (Å²) in [5.74, 6) is -2.41. The summed E-state index contributed by atoms with van der Waals surface area (Å²) in [5, 5.41) is 14.0. The molecule has 63 heavy (non-hydrogen) atoms. The number of benzene rings is 2. The van der Waals surface area contributed by atoms with Crippen molar-refractivity contribution in [1.29, 1.82) is 5.41 Å². The average Bonchev–Trinajstić information content (AvgIpc) is 3.73. The Hall–Kier alpha value is -4.66. The lowest BCUT2D eigenvalue weighted by Crippen LogP contribution is -2.59. The number of nitrogens with zero attached hydrogens (tertiary/aromatic N) is 3. The Morgan fingerprint density at radius 2 is 1.43 bits per heavy atom. The lowest BCUT2D eigenvalue weighted by molar-refractivity contribution is -0.148. The molecule has 0 aliphatic carbocycles. The number of likely N-dealkylation sites (N-methyl/N-ethyl adjacent to an activating group) is 2. The van der Waals surface area contributed by atoms with Gasteiger partial charge in [0.1, 0.15) is 12.1 Å². The Morgan fingerprint density at radius 3 is 1.94 bits per heavy atom. The zero-order chi connectivity index (χ0) is 47.3. The third-order valence-corrected chi connectivity index (χ3v) is 12.7. The summed E-state index contributed by atoms with van der Waals surface area (Å²) in [6.45, 7) is 17.6. The predicted octanol–water partition coefficient (Wildman–Crippen LogP) is 6.12. The van der Waals surface area contributed by atoms with Crippen molar-refractivity contribution in [3.63, 3.8) is 0 Å². The standard InChI is InChI=1S/C49H76N6O8/c1-15-31(6)43(54(12)48(59)41(29(2)3)52-47(58)42(30(4)5)53(10)11)39(61-13)28-40(56)55-27-19-22-38(55)44(62-14)32(7)46(57)51-34(9)45(36-20-17-16-18-21-36)63-49(60)37-25-23-35(24-26-37)33(8)50/h16-18,20-21,23-26,29-32,34,38-39,41-45,50H,15,19,22,27-28H2,1-14H3,(H,51,57)(H,52,58)/t31-,32+,34+,38-,39+,41-,42-,43-,44+,45+/m0/s1. The fourth-order valence-electron chi connectivity index (χ4n) is 8.98. The molecule has 14 nitrogen and oxygen atoms in total. The molecule has 0 spiro atoms. The van der Waals surface area contributed by atoms with E-state index in [0.717, 1.165) is 12.8 Å². The fraction of sp³-hybridized carbons (Fsp3) is 0.633. The SMILES string of the molecule is CC[C@H](C)[C@@H]([C@@H](CC(=O)N1CCC[C@H]1[C@H](OC)[C@@H](C)C(=O)N[C@H](C)[C@@H](OC(=O)c1ccc(C(C)=N)cc1)c1ccccc1)OC)N(C)C(=O)[C@@H](NC(=O)[C@H](C(C)C)N(C)C)C(C)C. The molecule has 0 bridgehead atoms. The molecule has 1 aliphatic rings. The van der Waals surface area contributed by atoms with Crippen LogP contribution in [0, 0.1) is 29.1 Å². The number of carbonyl (C=O) groups is 5. The maximum Gasteiger partial charge on any atom is 0.338 e. The van der Waals surface area contributed by atoms with Crippen molar-refractivity contribution in [3.8, 4) is 0 Å². The number of rotatable bonds is 23. The highest BCUT2D eigenvalue weighted by Gasteiger charge is 2.43. The largest absolute Gasteiger partial charge is 0.452 e. The van der Waals surface area contributed by atoms with Gasteiger partial charge >= 0.3 is 5.97 Å². The molecule has 10 atom stereocenters. The molecular formula is C49H76N6O8. The Kier molecular flexibility index (Phi) is 20.4. The van der Waals surface area contributed by atoms with Crippen LogP contribution in [0.2, 0.25) is 0 Å². The Labute approximate surface area is 376 Å². The third-order valence-electron chi connectivity index (χ3n) is 12.7. The van der Waals surface area contributed by atoms with Crippen molar-refractivity contribution in [1.82, 2.24) is 25.3 Å². The number of amides is 4. The number of methoxy groups -OCH3 is 2. The van der Waals surface area contributed by atoms with Gasteiger partial charge in [-0.25, -0.2) is 4.79 Å². The summed E-state index contributed by atoms with van der Waals surface area (Å²) >= 11 is 0. The predicted molar refractivity (Wildman–Crippen MR) is 246 cm³/mol. The quantitative estimate of drug-likeness (QED) is 0.0879. The minimum absolute atomic E-state index is 0.00372. The van der Waals surface area contributed by atoms with E-state index in [-0.39, 0.29) is 47.8 Å². The normalized spacial score (nSPS) is 18.4. The lowest BCUT2D eigenvalue weighted by atomic mass is 9.89. The van der Waals surface area contributed by atoms with E-state index in [1.807, 2.05) is 90.9 Å². The van der Waals surface area contributed by atoms with Crippen molar-refractivity contribution in [2.45, 2.75) is 137 Å². The highest BCUT2D eigenvalue weighted by Crippen LogP contribution is 2.31. The summed E-state index contributed by atoms with van der Waals surface area (Å²) in [7, 11) is 8.53. The monoisotopic (exact) mass is 877 g/mol. The number of carbonyl (C=O) groups excluding carboxylic acids is 5. The maximum atomic E-state index is 14.4. The van der Waals surface area contributed by atoms with E-state index in [0.29, 0.717) is 35.4 Å². The van der Waals surface area contributed by atoms with Crippen LogP contribution in [0.25, 0.3) is 0 Å². The van der Waals surface area contributed by atoms with Crippen molar-refractivity contribution in [3.05, 3.63) is 71.3 Å². The molecule has 1 heterocycles. The van der Waals surface area contributed by atoms with E-state index in [4.69, 9.17) is 19.6 Å². The molecule has 350 valence electrons. The third kappa shape index (κ3) is 13.7. The van der Waals surface area contributed by atoms with Gasteiger partial charge in [-0.2, -0.15) is 0 Å². The number of esters is 1. The molecule has 1 saturated heterocycles. The Bertz CT molecular complexity index is 1810. The second-order valence-corrected chi connectivity index (χ2v) is 18.2. The molecule has 14 heteroatoms. The van der Waals surface area contributed by atoms with E-state index in [1.165, 1.54) is 0 Å². The minimum Gasteiger partial charge on any atom is -0.452 e. The molecule has 0 saturated carbocycles. The van der Waals surface area contributed by atoms with E-state index < -0.39 is 60.4 Å². The van der Waals surface area contributed by atoms with Crippen molar-refractivity contribution in [2.24, 2.45) is 23.7 Å². The molecule has 3 N–H and O–H groups in total. The van der Waals surface area contributed by atoms with Crippen LogP contribution >= 0.6 is 0 Å². The van der Waals surface area contributed by atoms with Crippen LogP contribution in [0.3, 0.4) is 0 Å². The van der Waals surface area contributed by atoms with Gasteiger partial charge in [0.15, 0.2) is 0 Å². The Morgan fingerprint density at radius 1 is 0.825 bits per heavy atom. The van der Waals surface area contributed by atoms with Crippen molar-refractivity contribution < 1.29 is 38.2 Å². The van der Waals surface area contributed by atoms with Crippen LogP contribution in [0.5, 0.6) is 0 Å². The summed E-state index contributed by atoms with van der Waals surface area (Å²) in [4.78, 5) is 75.0. The Balaban J connectivity index is 1.80. The summed E-state index contributed by atoms with van der Waals surface area (Å²) < 4.78 is 18.1. The molecule has 0 unspecified atom stereocenters.